The molecule has 0 unspecified atom stereocenters. The molecule has 72 valence electrons. The van der Waals surface area contributed by atoms with Crippen molar-refractivity contribution < 1.29 is 5.82 Å². The minimum absolute atomic E-state index is 0. The Morgan fingerprint density at radius 1 is 1.38 bits per heavy atom. The van der Waals surface area contributed by atoms with E-state index in [4.69, 9.17) is 0 Å². The van der Waals surface area contributed by atoms with Gasteiger partial charge >= 0.3 is 0 Å². The fourth-order valence-electron chi connectivity index (χ4n) is 1.11. The number of nitrogens with one attached hydrogen (secondary N) is 1. The van der Waals surface area contributed by atoms with E-state index in [1.807, 2.05) is 20.8 Å². The molecule has 0 saturated heterocycles. The van der Waals surface area contributed by atoms with E-state index in [-0.39, 0.29) is 7.24 Å². The molecule has 1 aromatic heterocycles. The number of aryl methyl sites for hydroxylation is 1. The van der Waals surface area contributed by atoms with Crippen LogP contribution in [0.25, 0.3) is 10.9 Å². The molecule has 0 atom stereocenters. The number of hydrogen-bond acceptors (Lipinski definition) is 1. The first kappa shape index (κ1) is 9.71. The summed E-state index contributed by atoms with van der Waals surface area (Å²) in [5.41, 5.74) is 1.71. The van der Waals surface area contributed by atoms with Crippen molar-refractivity contribution in [1.82, 2.24) is 10.2 Å². The number of fused-ring (bicyclic) bond motifs is 1. The van der Waals surface area contributed by atoms with Gasteiger partial charge in [0.15, 0.2) is 0 Å². The maximum absolute atomic E-state index is 12.7. The van der Waals surface area contributed by atoms with Crippen LogP contribution in [-0.2, 0) is 0 Å². The van der Waals surface area contributed by atoms with Crippen molar-refractivity contribution in [2.45, 2.75) is 20.8 Å². The zero-order valence-corrected chi connectivity index (χ0v) is 8.06. The van der Waals surface area contributed by atoms with E-state index in [1.54, 1.807) is 6.07 Å². The number of benzene rings is 1. The molecule has 0 radical (unpaired) electrons. The Labute approximate surface area is 78.3 Å². The van der Waals surface area contributed by atoms with Crippen molar-refractivity contribution in [2.75, 3.05) is 0 Å². The number of rotatable bonds is 0. The highest BCUT2D eigenvalue weighted by Crippen LogP contribution is 2.15. The lowest BCUT2D eigenvalue weighted by molar-refractivity contribution is 0.629. The Balaban J connectivity index is 0.000000531. The predicted octanol–water partition coefficient (Wildman–Crippen LogP) is 3.28. The molecule has 0 aliphatic rings. The predicted molar refractivity (Wildman–Crippen MR) is 54.3 cm³/mol. The van der Waals surface area contributed by atoms with E-state index in [1.165, 1.54) is 12.1 Å². The highest BCUT2D eigenvalue weighted by atomic mass is 19.1. The first-order valence-corrected chi connectivity index (χ1v) is 4.37. The van der Waals surface area contributed by atoms with Crippen LogP contribution in [0.15, 0.2) is 18.2 Å². The number of aromatic nitrogens is 2. The molecule has 2 nitrogen and oxygen atoms in total. The summed E-state index contributed by atoms with van der Waals surface area (Å²) in [5.74, 6) is -0.220. The smallest absolute Gasteiger partial charge is 0.124 e. The van der Waals surface area contributed by atoms with Crippen molar-refractivity contribution >= 4 is 10.9 Å². The molecule has 0 aliphatic carbocycles. The molecule has 13 heavy (non-hydrogen) atoms. The summed E-state index contributed by atoms with van der Waals surface area (Å²) in [6, 6.07) is 4.55. The van der Waals surface area contributed by atoms with Gasteiger partial charge in [-0.05, 0) is 25.1 Å². The Morgan fingerprint density at radius 3 is 2.77 bits per heavy atom. The number of aromatic amines is 1. The van der Waals surface area contributed by atoms with Gasteiger partial charge in [-0.3, -0.25) is 5.10 Å². The summed E-state index contributed by atoms with van der Waals surface area (Å²) < 4.78 is 12.7. The van der Waals surface area contributed by atoms with Crippen molar-refractivity contribution in [3.8, 4) is 0 Å². The molecule has 0 amide bonds. The van der Waals surface area contributed by atoms with E-state index < -0.39 is 0 Å². The van der Waals surface area contributed by atoms with Crippen LogP contribution in [0.2, 0.25) is 0 Å². The summed E-state index contributed by atoms with van der Waals surface area (Å²) in [4.78, 5) is 0. The lowest BCUT2D eigenvalue weighted by Crippen LogP contribution is -1.73. The second kappa shape index (κ2) is 4.03. The normalized spacial score (nSPS) is 9.54. The summed E-state index contributed by atoms with van der Waals surface area (Å²) in [5, 5.41) is 7.61. The maximum Gasteiger partial charge on any atom is 0.124 e. The van der Waals surface area contributed by atoms with Gasteiger partial charge in [0.25, 0.3) is 0 Å². The van der Waals surface area contributed by atoms with Gasteiger partial charge in [0.05, 0.1) is 5.52 Å². The Kier molecular flexibility index (Phi) is 3.01. The van der Waals surface area contributed by atoms with Crippen LogP contribution in [0.5, 0.6) is 0 Å². The minimum atomic E-state index is -0.220. The van der Waals surface area contributed by atoms with Crippen molar-refractivity contribution in [3.63, 3.8) is 0 Å². The Morgan fingerprint density at radius 2 is 2.08 bits per heavy atom. The van der Waals surface area contributed by atoms with E-state index in [0.29, 0.717) is 0 Å². The number of nitrogens with zero attached hydrogens (tertiary/aromatic N) is 1. The maximum atomic E-state index is 12.7. The van der Waals surface area contributed by atoms with Crippen molar-refractivity contribution in [1.29, 1.82) is 0 Å². The number of hydrogen-bond donors (Lipinski definition) is 1. The third kappa shape index (κ3) is 1.86. The first-order valence-electron chi connectivity index (χ1n) is 4.37. The number of H-pyrrole nitrogens is 1. The Hall–Kier alpha value is -1.38. The third-order valence-electron chi connectivity index (χ3n) is 1.71. The summed E-state index contributed by atoms with van der Waals surface area (Å²) in [6.07, 6.45) is 0. The van der Waals surface area contributed by atoms with Crippen LogP contribution in [0.1, 0.15) is 21.0 Å². The first-order chi connectivity index (χ1) is 6.27. The molecule has 2 aromatic rings. The molecule has 0 fully saturated rings. The second-order valence-corrected chi connectivity index (χ2v) is 2.51. The highest BCUT2D eigenvalue weighted by molar-refractivity contribution is 5.80. The molecule has 3 heteroatoms. The van der Waals surface area contributed by atoms with Gasteiger partial charge in [0, 0.05) is 12.5 Å². The van der Waals surface area contributed by atoms with Gasteiger partial charge in [-0.2, -0.15) is 5.10 Å². The average molecular weight is 182 g/mol. The number of halogens is 1. The average Bonchev–Trinajstić information content (AvgIpc) is 2.52. The van der Waals surface area contributed by atoms with E-state index >= 15 is 0 Å². The van der Waals surface area contributed by atoms with E-state index in [9.17, 15) is 4.39 Å². The monoisotopic (exact) mass is 182 g/mol. The minimum Gasteiger partial charge on any atom is -0.282 e. The highest BCUT2D eigenvalue weighted by Gasteiger charge is 2.00. The van der Waals surface area contributed by atoms with Gasteiger partial charge < -0.3 is 0 Å². The van der Waals surface area contributed by atoms with Crippen LogP contribution < -0.4 is 0 Å². The standard InChI is InChI=1S/C8H7FN2.C2H6.H2/c1-5-7-4-6(9)2-3-8(7)11-10-5;1-2;/h2-4H,1H3,(H,10,11);1-2H3;1H. The summed E-state index contributed by atoms with van der Waals surface area (Å²) in [6.45, 7) is 5.87. The molecule has 0 bridgehead atoms. The largest absolute Gasteiger partial charge is 0.282 e. The molecular weight excluding hydrogens is 167 g/mol. The molecule has 1 N–H and O–H groups in total. The lowest BCUT2D eigenvalue weighted by atomic mass is 10.2. The molecule has 0 spiro atoms. The van der Waals surface area contributed by atoms with Gasteiger partial charge in [-0.1, -0.05) is 13.8 Å². The van der Waals surface area contributed by atoms with Crippen molar-refractivity contribution in [3.05, 3.63) is 29.7 Å². The van der Waals surface area contributed by atoms with Crippen molar-refractivity contribution in [2.24, 2.45) is 0 Å². The fraction of sp³-hybridized carbons (Fsp3) is 0.300. The SMILES string of the molecule is CC.Cc1[nH]nc2ccc(F)cc12.[HH]. The zero-order valence-electron chi connectivity index (χ0n) is 8.06. The van der Waals surface area contributed by atoms with E-state index in [2.05, 4.69) is 10.2 Å². The van der Waals surface area contributed by atoms with Crippen LogP contribution >= 0.6 is 0 Å². The lowest BCUT2D eigenvalue weighted by Gasteiger charge is -1.88. The quantitative estimate of drug-likeness (QED) is 0.665. The van der Waals surface area contributed by atoms with Crippen LogP contribution in [-0.4, -0.2) is 10.2 Å². The molecular formula is C10H15FN2. The van der Waals surface area contributed by atoms with Gasteiger partial charge in [0.2, 0.25) is 0 Å². The topological polar surface area (TPSA) is 28.7 Å². The van der Waals surface area contributed by atoms with Gasteiger partial charge in [-0.25, -0.2) is 4.39 Å². The molecule has 1 aromatic carbocycles. The molecule has 0 saturated carbocycles. The molecule has 2 rings (SSSR count). The fourth-order valence-corrected chi connectivity index (χ4v) is 1.11. The van der Waals surface area contributed by atoms with Crippen LogP contribution in [0.4, 0.5) is 4.39 Å². The summed E-state index contributed by atoms with van der Waals surface area (Å²) >= 11 is 0. The third-order valence-corrected chi connectivity index (χ3v) is 1.71. The summed E-state index contributed by atoms with van der Waals surface area (Å²) in [7, 11) is 0. The molecule has 0 aliphatic heterocycles. The van der Waals surface area contributed by atoms with Gasteiger partial charge in [-0.15, -0.1) is 0 Å². The zero-order chi connectivity index (χ0) is 9.84. The van der Waals surface area contributed by atoms with E-state index in [0.717, 1.165) is 16.6 Å². The van der Waals surface area contributed by atoms with Gasteiger partial charge in [0.1, 0.15) is 5.82 Å². The molecule has 1 heterocycles. The van der Waals surface area contributed by atoms with Crippen LogP contribution in [0.3, 0.4) is 0 Å². The van der Waals surface area contributed by atoms with Crippen LogP contribution in [0, 0.1) is 12.7 Å². The Bertz CT molecular complexity index is 398. The second-order valence-electron chi connectivity index (χ2n) is 2.51.